The fourth-order valence-electron chi connectivity index (χ4n) is 4.90. The summed E-state index contributed by atoms with van der Waals surface area (Å²) in [5.74, 6) is -0.554. The molecule has 2 N–H and O–H groups in total. The summed E-state index contributed by atoms with van der Waals surface area (Å²) < 4.78 is 5.39. The van der Waals surface area contributed by atoms with Crippen LogP contribution in [0.25, 0.3) is 10.9 Å². The lowest BCUT2D eigenvalue weighted by atomic mass is 9.85. The van der Waals surface area contributed by atoms with Crippen LogP contribution >= 0.6 is 11.3 Å². The van der Waals surface area contributed by atoms with E-state index in [9.17, 15) is 14.7 Å². The smallest absolute Gasteiger partial charge is 0.290 e. The number of fused-ring (bicyclic) bond motifs is 1. The van der Waals surface area contributed by atoms with Crippen LogP contribution in [0.3, 0.4) is 0 Å². The van der Waals surface area contributed by atoms with Gasteiger partial charge in [-0.3, -0.25) is 9.59 Å². The van der Waals surface area contributed by atoms with Gasteiger partial charge in [-0.1, -0.05) is 51.1 Å². The number of aliphatic hydroxyl groups is 1. The maximum Gasteiger partial charge on any atom is 0.290 e. The maximum atomic E-state index is 13.5. The molecule has 6 nitrogen and oxygen atoms in total. The zero-order valence-corrected chi connectivity index (χ0v) is 22.2. The van der Waals surface area contributed by atoms with E-state index in [1.54, 1.807) is 24.1 Å². The molecule has 3 heterocycles. The Morgan fingerprint density at radius 2 is 1.89 bits per heavy atom. The molecule has 0 spiro atoms. The molecule has 1 amide bonds. The van der Waals surface area contributed by atoms with Gasteiger partial charge in [-0.15, -0.1) is 11.3 Å². The molecule has 0 saturated heterocycles. The number of hydrogen-bond donors (Lipinski definition) is 2. The van der Waals surface area contributed by atoms with Gasteiger partial charge in [0.15, 0.2) is 5.76 Å². The predicted molar refractivity (Wildman–Crippen MR) is 146 cm³/mol. The van der Waals surface area contributed by atoms with E-state index >= 15 is 0 Å². The molecule has 0 aliphatic carbocycles. The Balaban J connectivity index is 1.51. The van der Waals surface area contributed by atoms with Crippen molar-refractivity contribution in [2.24, 2.45) is 0 Å². The van der Waals surface area contributed by atoms with E-state index in [0.29, 0.717) is 17.8 Å². The van der Waals surface area contributed by atoms with Crippen LogP contribution in [-0.2, 0) is 16.6 Å². The summed E-state index contributed by atoms with van der Waals surface area (Å²) in [6, 6.07) is 16.7. The van der Waals surface area contributed by atoms with Crippen LogP contribution in [0, 0.1) is 0 Å². The number of nitrogens with one attached hydrogen (secondary N) is 1. The maximum absolute atomic E-state index is 13.5. The van der Waals surface area contributed by atoms with Crippen LogP contribution in [0.5, 0.6) is 5.75 Å². The summed E-state index contributed by atoms with van der Waals surface area (Å²) in [6.45, 7) is 6.75. The first-order valence-electron chi connectivity index (χ1n) is 12.3. The van der Waals surface area contributed by atoms with Crippen molar-refractivity contribution in [3.63, 3.8) is 0 Å². The number of aliphatic hydroxyl groups excluding tert-OH is 1. The average Bonchev–Trinajstić information content (AvgIpc) is 3.61. The summed E-state index contributed by atoms with van der Waals surface area (Å²) in [6.07, 6.45) is 2.48. The van der Waals surface area contributed by atoms with Crippen LogP contribution in [0.1, 0.15) is 53.2 Å². The van der Waals surface area contributed by atoms with Crippen LogP contribution in [-0.4, -0.2) is 40.3 Å². The summed E-state index contributed by atoms with van der Waals surface area (Å²) in [4.78, 5) is 32.2. The van der Waals surface area contributed by atoms with E-state index in [-0.39, 0.29) is 16.8 Å². The minimum absolute atomic E-state index is 0.0340. The van der Waals surface area contributed by atoms with Gasteiger partial charge in [-0.2, -0.15) is 0 Å². The third kappa shape index (κ3) is 4.55. The van der Waals surface area contributed by atoms with Gasteiger partial charge in [0.1, 0.15) is 5.75 Å². The van der Waals surface area contributed by atoms with E-state index in [4.69, 9.17) is 4.74 Å². The summed E-state index contributed by atoms with van der Waals surface area (Å²) in [5.41, 5.74) is 4.06. The first-order chi connectivity index (χ1) is 17.7. The molecular formula is C30H30N2O4S. The number of carbonyl (C=O) groups is 2. The molecule has 37 heavy (non-hydrogen) atoms. The highest BCUT2D eigenvalue weighted by Gasteiger charge is 2.43. The quantitative estimate of drug-likeness (QED) is 0.281. The van der Waals surface area contributed by atoms with E-state index in [2.05, 4.69) is 25.8 Å². The first-order valence-corrected chi connectivity index (χ1v) is 13.1. The predicted octanol–water partition coefficient (Wildman–Crippen LogP) is 6.36. The molecule has 2 aromatic heterocycles. The standard InChI is InChI=1S/C30H30N2O4S/c1-30(2,3)20-9-7-18(8-10-20)26-25(27(33)24-6-5-15-37-24)28(34)29(35)32(26)14-13-19-17-31-23-12-11-21(36-4)16-22(19)23/h5-12,15-17,26,31,34H,13-14H2,1-4H3/t26-/m0/s1. The lowest BCUT2D eigenvalue weighted by Gasteiger charge is -2.27. The number of Topliss-reactive ketones (excluding diaryl/α,β-unsaturated/α-hetero) is 1. The number of benzene rings is 2. The van der Waals surface area contributed by atoms with Gasteiger partial charge >= 0.3 is 0 Å². The topological polar surface area (TPSA) is 82.6 Å². The van der Waals surface area contributed by atoms with E-state index in [0.717, 1.165) is 33.3 Å². The van der Waals surface area contributed by atoms with Gasteiger partial charge in [-0.25, -0.2) is 0 Å². The molecule has 0 radical (unpaired) electrons. The largest absolute Gasteiger partial charge is 0.503 e. The summed E-state index contributed by atoms with van der Waals surface area (Å²) in [7, 11) is 1.63. The number of aromatic amines is 1. The Morgan fingerprint density at radius 3 is 2.54 bits per heavy atom. The molecular weight excluding hydrogens is 484 g/mol. The molecule has 190 valence electrons. The second-order valence-corrected chi connectivity index (χ2v) is 11.3. The fourth-order valence-corrected chi connectivity index (χ4v) is 5.58. The van der Waals surface area contributed by atoms with Crippen molar-refractivity contribution in [1.82, 2.24) is 9.88 Å². The zero-order valence-electron chi connectivity index (χ0n) is 21.4. The second-order valence-electron chi connectivity index (χ2n) is 10.3. The molecule has 5 rings (SSSR count). The minimum atomic E-state index is -0.670. The van der Waals surface area contributed by atoms with Gasteiger partial charge in [0, 0.05) is 23.6 Å². The number of amides is 1. The summed E-state index contributed by atoms with van der Waals surface area (Å²) >= 11 is 1.30. The Morgan fingerprint density at radius 1 is 1.14 bits per heavy atom. The number of rotatable bonds is 7. The third-order valence-corrected chi connectivity index (χ3v) is 7.85. The van der Waals surface area contributed by atoms with Crippen molar-refractivity contribution in [1.29, 1.82) is 0 Å². The normalized spacial score (nSPS) is 16.2. The van der Waals surface area contributed by atoms with Crippen LogP contribution in [0.4, 0.5) is 0 Å². The molecule has 0 bridgehead atoms. The molecule has 4 aromatic rings. The van der Waals surface area contributed by atoms with Gasteiger partial charge < -0.3 is 19.7 Å². The van der Waals surface area contributed by atoms with Crippen molar-refractivity contribution in [3.05, 3.63) is 99.1 Å². The Labute approximate surface area is 220 Å². The third-order valence-electron chi connectivity index (χ3n) is 6.98. The monoisotopic (exact) mass is 514 g/mol. The van der Waals surface area contributed by atoms with Gasteiger partial charge in [0.2, 0.25) is 5.78 Å². The highest BCUT2D eigenvalue weighted by atomic mass is 32.1. The lowest BCUT2D eigenvalue weighted by molar-refractivity contribution is -0.129. The highest BCUT2D eigenvalue weighted by Crippen LogP contribution is 2.40. The van der Waals surface area contributed by atoms with Crippen molar-refractivity contribution in [2.45, 2.75) is 38.6 Å². The van der Waals surface area contributed by atoms with E-state index in [1.807, 2.05) is 54.0 Å². The number of ketones is 1. The molecule has 1 atom stereocenters. The van der Waals surface area contributed by atoms with Crippen LogP contribution in [0.2, 0.25) is 0 Å². The number of ether oxygens (including phenoxy) is 1. The number of hydrogen-bond acceptors (Lipinski definition) is 5. The molecule has 0 saturated carbocycles. The molecule has 1 aliphatic rings. The number of thiophene rings is 1. The number of aromatic nitrogens is 1. The summed E-state index contributed by atoms with van der Waals surface area (Å²) in [5, 5.41) is 13.8. The Kier molecular flexibility index (Phi) is 6.42. The molecule has 7 heteroatoms. The van der Waals surface area contributed by atoms with Crippen molar-refractivity contribution in [3.8, 4) is 5.75 Å². The van der Waals surface area contributed by atoms with Crippen LogP contribution in [0.15, 0.2) is 77.5 Å². The first kappa shape index (κ1) is 24.8. The Hall–Kier alpha value is -3.84. The SMILES string of the molecule is COc1ccc2[nH]cc(CCN3C(=O)C(O)=C(C(=O)c4cccs4)[C@@H]3c3ccc(C(C)(C)C)cc3)c2c1. The molecule has 0 unspecified atom stereocenters. The van der Waals surface area contributed by atoms with Crippen molar-refractivity contribution < 1.29 is 19.4 Å². The van der Waals surface area contributed by atoms with E-state index in [1.165, 1.54) is 11.3 Å². The second kappa shape index (κ2) is 9.56. The fraction of sp³-hybridized carbons (Fsp3) is 0.267. The number of carbonyl (C=O) groups excluding carboxylic acids is 2. The average molecular weight is 515 g/mol. The lowest BCUT2D eigenvalue weighted by Crippen LogP contribution is -2.33. The molecule has 1 aliphatic heterocycles. The zero-order chi connectivity index (χ0) is 26.3. The van der Waals surface area contributed by atoms with Crippen molar-refractivity contribution in [2.75, 3.05) is 13.7 Å². The van der Waals surface area contributed by atoms with Gasteiger partial charge in [0.25, 0.3) is 5.91 Å². The number of nitrogens with zero attached hydrogens (tertiary/aromatic N) is 1. The highest BCUT2D eigenvalue weighted by molar-refractivity contribution is 7.12. The van der Waals surface area contributed by atoms with Gasteiger partial charge in [-0.05, 0) is 58.2 Å². The van der Waals surface area contributed by atoms with Crippen LogP contribution < -0.4 is 4.74 Å². The number of H-pyrrole nitrogens is 1. The van der Waals surface area contributed by atoms with E-state index < -0.39 is 17.7 Å². The number of methoxy groups -OCH3 is 1. The molecule has 2 aromatic carbocycles. The minimum Gasteiger partial charge on any atom is -0.503 e. The van der Waals surface area contributed by atoms with Gasteiger partial charge in [0.05, 0.1) is 23.6 Å². The Bertz CT molecular complexity index is 1490. The van der Waals surface area contributed by atoms with Crippen molar-refractivity contribution >= 4 is 33.9 Å². The molecule has 0 fully saturated rings.